The molecule has 0 amide bonds. The number of aromatic nitrogens is 1. The van der Waals surface area contributed by atoms with Crippen LogP contribution in [0.2, 0.25) is 0 Å². The maximum absolute atomic E-state index is 4.70. The molecule has 0 aliphatic rings. The molecule has 0 bridgehead atoms. The Bertz CT molecular complexity index is 318. The molecule has 0 aliphatic carbocycles. The van der Waals surface area contributed by atoms with Gasteiger partial charge in [0.1, 0.15) is 0 Å². The zero-order valence-electron chi connectivity index (χ0n) is 11.0. The molecule has 0 unspecified atom stereocenters. The van der Waals surface area contributed by atoms with Crippen LogP contribution in [0.4, 0.5) is 0 Å². The Morgan fingerprint density at radius 2 is 2.12 bits per heavy atom. The predicted molar refractivity (Wildman–Crippen MR) is 71.1 cm³/mol. The second-order valence-corrected chi connectivity index (χ2v) is 5.78. The lowest BCUT2D eigenvalue weighted by atomic mass is 10.0. The number of rotatable bonds is 6. The normalized spacial score (nSPS) is 12.4. The quantitative estimate of drug-likeness (QED) is 0.826. The van der Waals surface area contributed by atoms with Crippen molar-refractivity contribution in [1.82, 2.24) is 15.2 Å². The standard InChI is InChI=1S/C12H23N3S/c1-6-13-12(2,3)10-9-16-11(14-10)7-8-15(4)5/h9,13H,6-8H2,1-5H3. The zero-order chi connectivity index (χ0) is 12.2. The number of nitrogens with one attached hydrogen (secondary N) is 1. The van der Waals surface area contributed by atoms with Crippen LogP contribution in [-0.2, 0) is 12.0 Å². The van der Waals surface area contributed by atoms with E-state index in [2.05, 4.69) is 50.5 Å². The summed E-state index contributed by atoms with van der Waals surface area (Å²) in [5.41, 5.74) is 1.15. The minimum atomic E-state index is -0.0123. The van der Waals surface area contributed by atoms with Crippen molar-refractivity contribution in [3.8, 4) is 0 Å². The second-order valence-electron chi connectivity index (χ2n) is 4.84. The van der Waals surface area contributed by atoms with Gasteiger partial charge in [0.2, 0.25) is 0 Å². The first-order chi connectivity index (χ1) is 7.45. The molecule has 4 heteroatoms. The van der Waals surface area contributed by atoms with E-state index in [9.17, 15) is 0 Å². The van der Waals surface area contributed by atoms with Gasteiger partial charge in [0, 0.05) is 18.3 Å². The average molecular weight is 241 g/mol. The molecule has 1 aromatic rings. The number of nitrogens with zero attached hydrogens (tertiary/aromatic N) is 2. The molecule has 0 fully saturated rings. The first kappa shape index (κ1) is 13.6. The van der Waals surface area contributed by atoms with E-state index in [1.54, 1.807) is 11.3 Å². The van der Waals surface area contributed by atoms with E-state index in [-0.39, 0.29) is 5.54 Å². The maximum atomic E-state index is 4.70. The monoisotopic (exact) mass is 241 g/mol. The fourth-order valence-electron chi connectivity index (χ4n) is 1.56. The molecule has 92 valence electrons. The van der Waals surface area contributed by atoms with Gasteiger partial charge < -0.3 is 10.2 Å². The molecule has 1 aromatic heterocycles. The minimum Gasteiger partial charge on any atom is -0.309 e. The molecule has 0 spiro atoms. The highest BCUT2D eigenvalue weighted by Gasteiger charge is 2.21. The van der Waals surface area contributed by atoms with Crippen molar-refractivity contribution in [3.63, 3.8) is 0 Å². The summed E-state index contributed by atoms with van der Waals surface area (Å²) in [5, 5.41) is 6.86. The van der Waals surface area contributed by atoms with Crippen LogP contribution in [0.3, 0.4) is 0 Å². The second kappa shape index (κ2) is 5.75. The van der Waals surface area contributed by atoms with Gasteiger partial charge in [0.15, 0.2) is 0 Å². The molecule has 0 saturated heterocycles. The van der Waals surface area contributed by atoms with Gasteiger partial charge in [-0.2, -0.15) is 0 Å². The van der Waals surface area contributed by atoms with Gasteiger partial charge in [-0.15, -0.1) is 11.3 Å². The van der Waals surface area contributed by atoms with Gasteiger partial charge in [-0.05, 0) is 34.5 Å². The Hall–Kier alpha value is -0.450. The van der Waals surface area contributed by atoms with E-state index >= 15 is 0 Å². The Morgan fingerprint density at radius 1 is 1.44 bits per heavy atom. The third-order valence-corrected chi connectivity index (χ3v) is 3.49. The molecular weight excluding hydrogens is 218 g/mol. The van der Waals surface area contributed by atoms with Gasteiger partial charge in [0.25, 0.3) is 0 Å². The Labute approximate surface area is 103 Å². The summed E-state index contributed by atoms with van der Waals surface area (Å²) in [7, 11) is 4.19. The fraction of sp³-hybridized carbons (Fsp3) is 0.750. The fourth-order valence-corrected chi connectivity index (χ4v) is 2.52. The van der Waals surface area contributed by atoms with E-state index < -0.39 is 0 Å². The van der Waals surface area contributed by atoms with Crippen molar-refractivity contribution in [2.75, 3.05) is 27.2 Å². The molecular formula is C12H23N3S. The van der Waals surface area contributed by atoms with E-state index in [1.807, 2.05) is 0 Å². The van der Waals surface area contributed by atoms with Crippen LogP contribution in [0.25, 0.3) is 0 Å². The Morgan fingerprint density at radius 3 is 2.69 bits per heavy atom. The minimum absolute atomic E-state index is 0.0123. The summed E-state index contributed by atoms with van der Waals surface area (Å²) in [6, 6.07) is 0. The average Bonchev–Trinajstić information content (AvgIpc) is 2.63. The van der Waals surface area contributed by atoms with Gasteiger partial charge in [-0.25, -0.2) is 4.98 Å². The molecule has 1 N–H and O–H groups in total. The Kier molecular flexibility index (Phi) is 4.89. The molecule has 1 heterocycles. The first-order valence-corrected chi connectivity index (χ1v) is 6.68. The molecule has 0 aromatic carbocycles. The molecule has 1 rings (SSSR count). The summed E-state index contributed by atoms with van der Waals surface area (Å²) < 4.78 is 0. The van der Waals surface area contributed by atoms with Crippen LogP contribution in [-0.4, -0.2) is 37.1 Å². The van der Waals surface area contributed by atoms with Gasteiger partial charge in [-0.1, -0.05) is 6.92 Å². The summed E-state index contributed by atoms with van der Waals surface area (Å²) in [6.07, 6.45) is 1.04. The van der Waals surface area contributed by atoms with Crippen molar-refractivity contribution < 1.29 is 0 Å². The van der Waals surface area contributed by atoms with Crippen molar-refractivity contribution in [1.29, 1.82) is 0 Å². The smallest absolute Gasteiger partial charge is 0.0941 e. The third-order valence-electron chi connectivity index (χ3n) is 2.58. The van der Waals surface area contributed by atoms with Gasteiger partial charge in [0.05, 0.1) is 16.2 Å². The summed E-state index contributed by atoms with van der Waals surface area (Å²) in [5.74, 6) is 0. The summed E-state index contributed by atoms with van der Waals surface area (Å²) in [6.45, 7) is 8.52. The molecule has 3 nitrogen and oxygen atoms in total. The topological polar surface area (TPSA) is 28.2 Å². The number of thiazole rings is 1. The number of hydrogen-bond acceptors (Lipinski definition) is 4. The molecule has 0 atom stereocenters. The number of likely N-dealkylation sites (N-methyl/N-ethyl adjacent to an activating group) is 1. The van der Waals surface area contributed by atoms with E-state index in [0.29, 0.717) is 0 Å². The van der Waals surface area contributed by atoms with Crippen LogP contribution in [0.1, 0.15) is 31.5 Å². The lowest BCUT2D eigenvalue weighted by molar-refractivity contribution is 0.400. The van der Waals surface area contributed by atoms with Crippen LogP contribution >= 0.6 is 11.3 Å². The van der Waals surface area contributed by atoms with E-state index in [0.717, 1.165) is 25.2 Å². The molecule has 0 saturated carbocycles. The van der Waals surface area contributed by atoms with Crippen molar-refractivity contribution in [2.45, 2.75) is 32.7 Å². The highest BCUT2D eigenvalue weighted by molar-refractivity contribution is 7.09. The Balaban J connectivity index is 2.63. The van der Waals surface area contributed by atoms with Crippen molar-refractivity contribution >= 4 is 11.3 Å². The summed E-state index contributed by atoms with van der Waals surface area (Å²) >= 11 is 1.77. The highest BCUT2D eigenvalue weighted by Crippen LogP contribution is 2.22. The third kappa shape index (κ3) is 3.85. The molecule has 16 heavy (non-hydrogen) atoms. The highest BCUT2D eigenvalue weighted by atomic mass is 32.1. The van der Waals surface area contributed by atoms with Crippen LogP contribution in [0, 0.1) is 0 Å². The zero-order valence-corrected chi connectivity index (χ0v) is 11.8. The van der Waals surface area contributed by atoms with Crippen LogP contribution in [0.5, 0.6) is 0 Å². The van der Waals surface area contributed by atoms with Gasteiger partial charge >= 0.3 is 0 Å². The first-order valence-electron chi connectivity index (χ1n) is 5.80. The van der Waals surface area contributed by atoms with Crippen molar-refractivity contribution in [2.24, 2.45) is 0 Å². The van der Waals surface area contributed by atoms with Gasteiger partial charge in [-0.3, -0.25) is 0 Å². The SMILES string of the molecule is CCNC(C)(C)c1csc(CCN(C)C)n1. The van der Waals surface area contributed by atoms with Crippen LogP contribution in [0.15, 0.2) is 5.38 Å². The molecule has 0 radical (unpaired) electrons. The lowest BCUT2D eigenvalue weighted by Gasteiger charge is -2.23. The van der Waals surface area contributed by atoms with Crippen LogP contribution < -0.4 is 5.32 Å². The summed E-state index contributed by atoms with van der Waals surface area (Å²) in [4.78, 5) is 6.89. The van der Waals surface area contributed by atoms with E-state index in [1.165, 1.54) is 5.01 Å². The predicted octanol–water partition coefficient (Wildman–Crippen LogP) is 2.09. The molecule has 0 aliphatic heterocycles. The number of hydrogen-bond donors (Lipinski definition) is 1. The largest absolute Gasteiger partial charge is 0.309 e. The maximum Gasteiger partial charge on any atom is 0.0941 e. The van der Waals surface area contributed by atoms with E-state index in [4.69, 9.17) is 4.98 Å². The van der Waals surface area contributed by atoms with Crippen molar-refractivity contribution in [3.05, 3.63) is 16.1 Å². The lowest BCUT2D eigenvalue weighted by Crippen LogP contribution is -2.36.